The van der Waals surface area contributed by atoms with E-state index in [1.807, 2.05) is 0 Å². The van der Waals surface area contributed by atoms with Gasteiger partial charge in [-0.15, -0.1) is 0 Å². The van der Waals surface area contributed by atoms with E-state index >= 15 is 0 Å². The molecule has 4 nitrogen and oxygen atoms in total. The number of likely N-dealkylation sites (N-methyl/N-ethyl adjacent to an activating group) is 3. The van der Waals surface area contributed by atoms with Crippen LogP contribution in [0.15, 0.2) is 0 Å². The van der Waals surface area contributed by atoms with Crippen LogP contribution in [0, 0.1) is 0 Å². The maximum atomic E-state index is 11.0. The summed E-state index contributed by atoms with van der Waals surface area (Å²) in [5.74, 6) is -0.750. The molecule has 0 aromatic rings. The Kier molecular flexibility index (Phi) is 3.49. The van der Waals surface area contributed by atoms with Crippen LogP contribution in [0.2, 0.25) is 0 Å². The van der Waals surface area contributed by atoms with E-state index in [0.29, 0.717) is 0 Å². The molecule has 0 aliphatic heterocycles. The number of hydrogen-bond donors (Lipinski definition) is 3. The number of carbonyl (C=O) groups excluding carboxylic acids is 1. The fourth-order valence-electron chi connectivity index (χ4n) is 0.903. The summed E-state index contributed by atoms with van der Waals surface area (Å²) >= 11 is 0. The summed E-state index contributed by atoms with van der Waals surface area (Å²) in [4.78, 5) is 11.0. The number of Topliss-reactive ketones (excluding diaryl/α,β-unsaturated/α-hetero) is 1. The van der Waals surface area contributed by atoms with E-state index in [-0.39, 0.29) is 5.78 Å². The highest BCUT2D eigenvalue weighted by Gasteiger charge is 2.28. The maximum absolute atomic E-state index is 11.0. The lowest BCUT2D eigenvalue weighted by Gasteiger charge is -2.29. The Balaban J connectivity index is 4.31. The van der Waals surface area contributed by atoms with Gasteiger partial charge in [-0.2, -0.15) is 0 Å². The maximum Gasteiger partial charge on any atom is 0.183 e. The molecule has 0 heterocycles. The van der Waals surface area contributed by atoms with Gasteiger partial charge in [-0.3, -0.25) is 20.7 Å². The molecule has 0 saturated carbocycles. The van der Waals surface area contributed by atoms with E-state index in [1.165, 1.54) is 6.92 Å². The molecule has 0 radical (unpaired) electrons. The zero-order chi connectivity index (χ0) is 8.20. The molecule has 0 unspecified atom stereocenters. The normalized spacial score (nSPS) is 11.6. The van der Waals surface area contributed by atoms with Gasteiger partial charge in [-0.1, -0.05) is 0 Å². The van der Waals surface area contributed by atoms with Crippen molar-refractivity contribution in [2.24, 2.45) is 0 Å². The van der Waals surface area contributed by atoms with Crippen LogP contribution in [0.25, 0.3) is 0 Å². The van der Waals surface area contributed by atoms with Gasteiger partial charge in [0.1, 0.15) is 0 Å². The van der Waals surface area contributed by atoms with Gasteiger partial charge < -0.3 is 0 Å². The minimum absolute atomic E-state index is 0.0139. The minimum atomic E-state index is -0.764. The smallest absolute Gasteiger partial charge is 0.183 e. The molecule has 0 fully saturated rings. The van der Waals surface area contributed by atoms with Crippen LogP contribution >= 0.6 is 0 Å². The Morgan fingerprint density at radius 3 is 1.40 bits per heavy atom. The zero-order valence-corrected chi connectivity index (χ0v) is 6.91. The lowest BCUT2D eigenvalue weighted by molar-refractivity contribution is -0.125. The Morgan fingerprint density at radius 2 is 1.40 bits per heavy atom. The molecule has 0 aromatic carbocycles. The molecule has 0 saturated heterocycles. The molecule has 0 aliphatic carbocycles. The van der Waals surface area contributed by atoms with Gasteiger partial charge in [-0.25, -0.2) is 0 Å². The van der Waals surface area contributed by atoms with Crippen LogP contribution in [0.3, 0.4) is 0 Å². The molecule has 0 rings (SSSR count). The van der Waals surface area contributed by atoms with Crippen LogP contribution in [0.1, 0.15) is 6.92 Å². The van der Waals surface area contributed by atoms with Crippen molar-refractivity contribution in [2.75, 3.05) is 21.1 Å². The molecule has 0 aromatic heterocycles. The van der Waals surface area contributed by atoms with Crippen LogP contribution < -0.4 is 16.0 Å². The van der Waals surface area contributed by atoms with E-state index in [2.05, 4.69) is 16.0 Å². The van der Waals surface area contributed by atoms with Gasteiger partial charge in [0.25, 0.3) is 0 Å². The topological polar surface area (TPSA) is 53.2 Å². The molecule has 0 bridgehead atoms. The zero-order valence-electron chi connectivity index (χ0n) is 6.91. The van der Waals surface area contributed by atoms with Gasteiger partial charge in [0, 0.05) is 0 Å². The Morgan fingerprint density at radius 1 is 1.10 bits per heavy atom. The second kappa shape index (κ2) is 3.65. The standard InChI is InChI=1S/C6H15N3O/c1-5(10)6(7-2,8-3)9-4/h7-9H,1-4H3. The van der Waals surface area contributed by atoms with Gasteiger partial charge >= 0.3 is 0 Å². The third-order valence-electron chi connectivity index (χ3n) is 1.65. The van der Waals surface area contributed by atoms with Crippen LogP contribution in [-0.2, 0) is 4.79 Å². The molecule has 3 N–H and O–H groups in total. The van der Waals surface area contributed by atoms with Crippen LogP contribution in [0.5, 0.6) is 0 Å². The number of hydrogen-bond acceptors (Lipinski definition) is 4. The van der Waals surface area contributed by atoms with Crippen molar-refractivity contribution < 1.29 is 4.79 Å². The monoisotopic (exact) mass is 145 g/mol. The molecule has 0 spiro atoms. The first-order chi connectivity index (χ1) is 4.63. The third kappa shape index (κ3) is 1.53. The van der Waals surface area contributed by atoms with Crippen molar-refractivity contribution in [1.29, 1.82) is 0 Å². The molecule has 0 amide bonds. The van der Waals surface area contributed by atoms with Crippen LogP contribution in [0.4, 0.5) is 0 Å². The Labute approximate surface area is 61.4 Å². The summed E-state index contributed by atoms with van der Waals surface area (Å²) in [5, 5.41) is 8.53. The quantitative estimate of drug-likeness (QED) is 0.439. The number of nitrogens with one attached hydrogen (secondary N) is 3. The average Bonchev–Trinajstić information content (AvgIpc) is 1.92. The Bertz CT molecular complexity index is 112. The van der Waals surface area contributed by atoms with Crippen molar-refractivity contribution in [3.8, 4) is 0 Å². The molecule has 4 heteroatoms. The highest BCUT2D eigenvalue weighted by Crippen LogP contribution is 1.92. The van der Waals surface area contributed by atoms with Crippen LogP contribution in [-0.4, -0.2) is 32.7 Å². The van der Waals surface area contributed by atoms with Gasteiger partial charge in [0.05, 0.1) is 0 Å². The molecule has 10 heavy (non-hydrogen) atoms. The molecule has 0 aliphatic rings. The fourth-order valence-corrected chi connectivity index (χ4v) is 0.903. The highest BCUT2D eigenvalue weighted by atomic mass is 16.1. The predicted octanol–water partition coefficient (Wildman–Crippen LogP) is -1.11. The van der Waals surface area contributed by atoms with Crippen molar-refractivity contribution in [3.05, 3.63) is 0 Å². The molecule has 60 valence electrons. The largest absolute Gasteiger partial charge is 0.295 e. The fraction of sp³-hybridized carbons (Fsp3) is 0.833. The van der Waals surface area contributed by atoms with Gasteiger partial charge in [0.15, 0.2) is 11.6 Å². The number of rotatable bonds is 4. The first-order valence-corrected chi connectivity index (χ1v) is 3.20. The van der Waals surface area contributed by atoms with Crippen molar-refractivity contribution in [3.63, 3.8) is 0 Å². The Hall–Kier alpha value is -0.450. The summed E-state index contributed by atoms with van der Waals surface area (Å²) in [6.07, 6.45) is 0. The van der Waals surface area contributed by atoms with E-state index in [9.17, 15) is 4.79 Å². The average molecular weight is 145 g/mol. The molecule has 0 atom stereocenters. The number of ketones is 1. The summed E-state index contributed by atoms with van der Waals surface area (Å²) in [5.41, 5.74) is 0. The lowest BCUT2D eigenvalue weighted by Crippen LogP contribution is -2.67. The van der Waals surface area contributed by atoms with E-state index in [1.54, 1.807) is 21.1 Å². The highest BCUT2D eigenvalue weighted by molar-refractivity contribution is 5.84. The van der Waals surface area contributed by atoms with E-state index < -0.39 is 5.79 Å². The van der Waals surface area contributed by atoms with E-state index in [0.717, 1.165) is 0 Å². The first kappa shape index (κ1) is 9.55. The number of carbonyl (C=O) groups is 1. The second-order valence-electron chi connectivity index (χ2n) is 2.06. The summed E-state index contributed by atoms with van der Waals surface area (Å²) in [7, 11) is 5.15. The van der Waals surface area contributed by atoms with Crippen molar-refractivity contribution in [2.45, 2.75) is 12.7 Å². The summed E-state index contributed by atoms with van der Waals surface area (Å²) in [6, 6.07) is 0. The minimum Gasteiger partial charge on any atom is -0.295 e. The molecular weight excluding hydrogens is 130 g/mol. The van der Waals surface area contributed by atoms with Gasteiger partial charge in [-0.05, 0) is 28.1 Å². The summed E-state index contributed by atoms with van der Waals surface area (Å²) < 4.78 is 0. The van der Waals surface area contributed by atoms with Crippen molar-refractivity contribution >= 4 is 5.78 Å². The lowest BCUT2D eigenvalue weighted by atomic mass is 10.2. The van der Waals surface area contributed by atoms with E-state index in [4.69, 9.17) is 0 Å². The SMILES string of the molecule is CNC(NC)(NC)C(C)=O. The van der Waals surface area contributed by atoms with Gasteiger partial charge in [0.2, 0.25) is 0 Å². The summed E-state index contributed by atoms with van der Waals surface area (Å²) in [6.45, 7) is 1.52. The van der Waals surface area contributed by atoms with Crippen molar-refractivity contribution in [1.82, 2.24) is 16.0 Å². The first-order valence-electron chi connectivity index (χ1n) is 3.20. The third-order valence-corrected chi connectivity index (χ3v) is 1.65. The predicted molar refractivity (Wildman–Crippen MR) is 40.6 cm³/mol. The molecular formula is C6H15N3O. The second-order valence-corrected chi connectivity index (χ2v) is 2.06.